The Bertz CT molecular complexity index is 402. The molecule has 0 aliphatic carbocycles. The van der Waals surface area contributed by atoms with Crippen molar-refractivity contribution in [2.24, 2.45) is 5.92 Å². The standard InChI is InChI=1S/C15H23NO3/c1-11(2)8-9-16-15(18)10-19-14-7-5-4-6-13(14)12(3)17/h4-7,11-12,17H,8-10H2,1-3H3,(H,16,18). The van der Waals surface area contributed by atoms with Gasteiger partial charge in [0.1, 0.15) is 5.75 Å². The molecule has 0 spiro atoms. The number of amides is 1. The Hall–Kier alpha value is -1.55. The van der Waals surface area contributed by atoms with Crippen molar-refractivity contribution in [3.8, 4) is 5.75 Å². The Kier molecular flexibility index (Phi) is 6.36. The monoisotopic (exact) mass is 265 g/mol. The van der Waals surface area contributed by atoms with Crippen LogP contribution in [0, 0.1) is 5.92 Å². The summed E-state index contributed by atoms with van der Waals surface area (Å²) in [7, 11) is 0. The third kappa shape index (κ3) is 5.75. The first-order valence-corrected chi connectivity index (χ1v) is 6.67. The van der Waals surface area contributed by atoms with Crippen LogP contribution in [-0.4, -0.2) is 24.2 Å². The van der Waals surface area contributed by atoms with Crippen LogP contribution in [0.1, 0.15) is 38.9 Å². The predicted molar refractivity (Wildman–Crippen MR) is 75.0 cm³/mol. The Morgan fingerprint density at radius 2 is 2.00 bits per heavy atom. The van der Waals surface area contributed by atoms with E-state index in [1.54, 1.807) is 19.1 Å². The van der Waals surface area contributed by atoms with E-state index in [0.29, 0.717) is 23.8 Å². The number of nitrogens with one attached hydrogen (secondary N) is 1. The molecule has 1 rings (SSSR count). The summed E-state index contributed by atoms with van der Waals surface area (Å²) in [5, 5.41) is 12.4. The first kappa shape index (κ1) is 15.5. The smallest absolute Gasteiger partial charge is 0.257 e. The molecule has 106 valence electrons. The fourth-order valence-corrected chi connectivity index (χ4v) is 1.65. The first-order valence-electron chi connectivity index (χ1n) is 6.67. The Balaban J connectivity index is 2.42. The number of carbonyl (C=O) groups excluding carboxylic acids is 1. The molecule has 0 aliphatic rings. The van der Waals surface area contributed by atoms with E-state index in [-0.39, 0.29) is 12.5 Å². The number of para-hydroxylation sites is 1. The Morgan fingerprint density at radius 3 is 2.63 bits per heavy atom. The summed E-state index contributed by atoms with van der Waals surface area (Å²) in [5.41, 5.74) is 0.692. The molecular weight excluding hydrogens is 242 g/mol. The molecule has 1 unspecified atom stereocenters. The van der Waals surface area contributed by atoms with Crippen molar-refractivity contribution in [3.05, 3.63) is 29.8 Å². The zero-order valence-corrected chi connectivity index (χ0v) is 11.8. The molecule has 1 aromatic rings. The summed E-state index contributed by atoms with van der Waals surface area (Å²) in [6, 6.07) is 7.19. The van der Waals surface area contributed by atoms with Crippen LogP contribution in [0.4, 0.5) is 0 Å². The van der Waals surface area contributed by atoms with Crippen LogP contribution < -0.4 is 10.1 Å². The number of hydrogen-bond acceptors (Lipinski definition) is 3. The minimum atomic E-state index is -0.611. The van der Waals surface area contributed by atoms with Crippen molar-refractivity contribution in [1.82, 2.24) is 5.32 Å². The zero-order chi connectivity index (χ0) is 14.3. The van der Waals surface area contributed by atoms with Gasteiger partial charge in [0.25, 0.3) is 5.91 Å². The first-order chi connectivity index (χ1) is 9.00. The quantitative estimate of drug-likeness (QED) is 0.795. The summed E-state index contributed by atoms with van der Waals surface area (Å²) in [6.45, 7) is 6.54. The molecule has 0 aromatic heterocycles. The molecule has 0 aliphatic heterocycles. The van der Waals surface area contributed by atoms with Gasteiger partial charge >= 0.3 is 0 Å². The fraction of sp³-hybridized carbons (Fsp3) is 0.533. The summed E-state index contributed by atoms with van der Waals surface area (Å²) >= 11 is 0. The van der Waals surface area contributed by atoms with E-state index in [4.69, 9.17) is 4.74 Å². The third-order valence-electron chi connectivity index (χ3n) is 2.77. The number of aliphatic hydroxyl groups excluding tert-OH is 1. The molecule has 0 saturated heterocycles. The Morgan fingerprint density at radius 1 is 1.32 bits per heavy atom. The molecule has 0 saturated carbocycles. The van der Waals surface area contributed by atoms with E-state index in [9.17, 15) is 9.90 Å². The second-order valence-corrected chi connectivity index (χ2v) is 5.03. The lowest BCUT2D eigenvalue weighted by Gasteiger charge is -2.13. The van der Waals surface area contributed by atoms with E-state index in [1.165, 1.54) is 0 Å². The van der Waals surface area contributed by atoms with E-state index in [2.05, 4.69) is 19.2 Å². The van der Waals surface area contributed by atoms with Gasteiger partial charge < -0.3 is 15.2 Å². The molecule has 4 heteroatoms. The maximum Gasteiger partial charge on any atom is 0.257 e. The highest BCUT2D eigenvalue weighted by molar-refractivity contribution is 5.77. The molecule has 0 fully saturated rings. The van der Waals surface area contributed by atoms with Gasteiger partial charge in [0.2, 0.25) is 0 Å². The number of ether oxygens (including phenoxy) is 1. The van der Waals surface area contributed by atoms with Gasteiger partial charge in [-0.05, 0) is 25.3 Å². The minimum Gasteiger partial charge on any atom is -0.483 e. The topological polar surface area (TPSA) is 58.6 Å². The van der Waals surface area contributed by atoms with Crippen molar-refractivity contribution >= 4 is 5.91 Å². The summed E-state index contributed by atoms with van der Waals surface area (Å²) in [4.78, 5) is 11.6. The minimum absolute atomic E-state index is 0.0260. The molecule has 4 nitrogen and oxygen atoms in total. The van der Waals surface area contributed by atoms with Crippen molar-refractivity contribution < 1.29 is 14.6 Å². The van der Waals surface area contributed by atoms with Crippen LogP contribution in [0.3, 0.4) is 0 Å². The van der Waals surface area contributed by atoms with Crippen LogP contribution in [0.25, 0.3) is 0 Å². The van der Waals surface area contributed by atoms with Crippen LogP contribution in [-0.2, 0) is 4.79 Å². The molecule has 1 amide bonds. The highest BCUT2D eigenvalue weighted by Gasteiger charge is 2.09. The lowest BCUT2D eigenvalue weighted by molar-refractivity contribution is -0.123. The average Bonchev–Trinajstić information content (AvgIpc) is 2.36. The molecule has 19 heavy (non-hydrogen) atoms. The average molecular weight is 265 g/mol. The number of benzene rings is 1. The van der Waals surface area contributed by atoms with Crippen LogP contribution in [0.15, 0.2) is 24.3 Å². The maximum absolute atomic E-state index is 11.6. The van der Waals surface area contributed by atoms with Gasteiger partial charge in [-0.25, -0.2) is 0 Å². The lowest BCUT2D eigenvalue weighted by atomic mass is 10.1. The molecular formula is C15H23NO3. The fourth-order valence-electron chi connectivity index (χ4n) is 1.65. The van der Waals surface area contributed by atoms with Gasteiger partial charge in [0.15, 0.2) is 6.61 Å². The summed E-state index contributed by atoms with van der Waals surface area (Å²) in [5.74, 6) is 0.981. The van der Waals surface area contributed by atoms with Crippen molar-refractivity contribution in [2.45, 2.75) is 33.3 Å². The van der Waals surface area contributed by atoms with Crippen LogP contribution in [0.5, 0.6) is 5.75 Å². The second-order valence-electron chi connectivity index (χ2n) is 5.03. The van der Waals surface area contributed by atoms with E-state index in [1.807, 2.05) is 12.1 Å². The van der Waals surface area contributed by atoms with E-state index >= 15 is 0 Å². The maximum atomic E-state index is 11.6. The zero-order valence-electron chi connectivity index (χ0n) is 11.8. The Labute approximate surface area is 114 Å². The summed E-state index contributed by atoms with van der Waals surface area (Å²) < 4.78 is 5.45. The normalized spacial score (nSPS) is 12.3. The second kappa shape index (κ2) is 7.79. The van der Waals surface area contributed by atoms with Crippen molar-refractivity contribution in [1.29, 1.82) is 0 Å². The molecule has 0 heterocycles. The largest absolute Gasteiger partial charge is 0.483 e. The van der Waals surface area contributed by atoms with Gasteiger partial charge in [-0.3, -0.25) is 4.79 Å². The molecule has 2 N–H and O–H groups in total. The number of carbonyl (C=O) groups is 1. The third-order valence-corrected chi connectivity index (χ3v) is 2.77. The van der Waals surface area contributed by atoms with Gasteiger partial charge in [0, 0.05) is 12.1 Å². The molecule has 1 atom stereocenters. The highest BCUT2D eigenvalue weighted by atomic mass is 16.5. The number of hydrogen-bond donors (Lipinski definition) is 2. The number of aliphatic hydroxyl groups is 1. The number of rotatable bonds is 7. The van der Waals surface area contributed by atoms with Gasteiger partial charge in [-0.15, -0.1) is 0 Å². The SMILES string of the molecule is CC(C)CCNC(=O)COc1ccccc1C(C)O. The molecule has 0 radical (unpaired) electrons. The van der Waals surface area contributed by atoms with Crippen molar-refractivity contribution in [2.75, 3.05) is 13.2 Å². The summed E-state index contributed by atoms with van der Waals surface area (Å²) in [6.07, 6.45) is 0.343. The van der Waals surface area contributed by atoms with Crippen LogP contribution >= 0.6 is 0 Å². The lowest BCUT2D eigenvalue weighted by Crippen LogP contribution is -2.30. The van der Waals surface area contributed by atoms with E-state index in [0.717, 1.165) is 6.42 Å². The van der Waals surface area contributed by atoms with Gasteiger partial charge in [-0.2, -0.15) is 0 Å². The van der Waals surface area contributed by atoms with Gasteiger partial charge in [0.05, 0.1) is 6.10 Å². The van der Waals surface area contributed by atoms with Crippen molar-refractivity contribution in [3.63, 3.8) is 0 Å². The van der Waals surface area contributed by atoms with Crippen LogP contribution in [0.2, 0.25) is 0 Å². The highest BCUT2D eigenvalue weighted by Crippen LogP contribution is 2.24. The molecule has 1 aromatic carbocycles. The predicted octanol–water partition coefficient (Wildman–Crippen LogP) is 2.28. The van der Waals surface area contributed by atoms with E-state index < -0.39 is 6.10 Å². The van der Waals surface area contributed by atoms with Gasteiger partial charge in [-0.1, -0.05) is 32.0 Å². The molecule has 0 bridgehead atoms.